The molecule has 5 rings (SSSR count). The lowest BCUT2D eigenvalue weighted by atomic mass is 10.0. The number of benzene rings is 1. The maximum Gasteiger partial charge on any atom is 0.237 e. The molecule has 1 saturated heterocycles. The topological polar surface area (TPSA) is 67.2 Å². The number of aryl methyl sites for hydroxylation is 2. The Hall–Kier alpha value is -3.06. The van der Waals surface area contributed by atoms with Gasteiger partial charge >= 0.3 is 0 Å². The fourth-order valence-corrected chi connectivity index (χ4v) is 5.40. The summed E-state index contributed by atoms with van der Waals surface area (Å²) < 4.78 is 7.46. The minimum atomic E-state index is 0.219. The smallest absolute Gasteiger partial charge is 0.237 e. The summed E-state index contributed by atoms with van der Waals surface area (Å²) in [5.74, 6) is 2.45. The van der Waals surface area contributed by atoms with Crippen LogP contribution in [0.3, 0.4) is 0 Å². The minimum absolute atomic E-state index is 0.219. The van der Waals surface area contributed by atoms with Crippen LogP contribution < -0.4 is 20.3 Å². The van der Waals surface area contributed by atoms with E-state index in [0.717, 1.165) is 55.8 Å². The number of ether oxygens (including phenoxy) is 1. The van der Waals surface area contributed by atoms with Crippen LogP contribution in [0, 0.1) is 6.92 Å². The van der Waals surface area contributed by atoms with Crippen molar-refractivity contribution in [3.63, 3.8) is 0 Å². The normalized spacial score (nSPS) is 17.4. The van der Waals surface area contributed by atoms with Gasteiger partial charge in [0.2, 0.25) is 5.88 Å². The number of nitrogens with zero attached hydrogens (tertiary/aromatic N) is 4. The van der Waals surface area contributed by atoms with E-state index >= 15 is 0 Å². The number of piperidine rings is 1. The first-order valence-electron chi connectivity index (χ1n) is 12.9. The number of methoxy groups -OCH3 is 1. The fraction of sp³-hybridized carbons (Fsp3) is 0.500. The molecule has 0 radical (unpaired) electrons. The van der Waals surface area contributed by atoms with E-state index in [1.807, 2.05) is 17.9 Å². The Bertz CT molecular complexity index is 1150. The van der Waals surface area contributed by atoms with Gasteiger partial charge in [0.1, 0.15) is 5.69 Å². The zero-order valence-electron chi connectivity index (χ0n) is 21.4. The van der Waals surface area contributed by atoms with Crippen molar-refractivity contribution in [3.05, 3.63) is 65.0 Å². The van der Waals surface area contributed by atoms with Crippen LogP contribution in [0.25, 0.3) is 0 Å². The van der Waals surface area contributed by atoms with E-state index in [2.05, 4.69) is 70.9 Å². The highest BCUT2D eigenvalue weighted by molar-refractivity contribution is 5.60. The zero-order valence-corrected chi connectivity index (χ0v) is 21.4. The van der Waals surface area contributed by atoms with Crippen LogP contribution >= 0.6 is 0 Å². The summed E-state index contributed by atoms with van der Waals surface area (Å²) in [5.41, 5.74) is 6.46. The van der Waals surface area contributed by atoms with Crippen molar-refractivity contribution in [1.29, 1.82) is 0 Å². The molecule has 1 atom stereocenters. The lowest BCUT2D eigenvalue weighted by molar-refractivity contribution is 0.371. The van der Waals surface area contributed by atoms with Gasteiger partial charge in [0, 0.05) is 56.7 Å². The standard InChI is InChI=1S/C28H38N6O/c1-19-11-14-29-28(35-4)26(19)34-15-12-23(13-16-34)31-20(2)25-18-33(3)32-27(25)30-17-22-7-5-6-8-24(22)21-9-10-21/h5-8,11,14,18,20-21,23,31H,9-10,12-13,15-17H2,1-4H3,(H,30,32). The number of hydrogen-bond donors (Lipinski definition) is 2. The highest BCUT2D eigenvalue weighted by atomic mass is 16.5. The van der Waals surface area contributed by atoms with Crippen molar-refractivity contribution in [3.8, 4) is 5.88 Å². The predicted octanol–water partition coefficient (Wildman–Crippen LogP) is 4.94. The van der Waals surface area contributed by atoms with Crippen LogP contribution in [-0.4, -0.2) is 41.0 Å². The number of aromatic nitrogens is 3. The first-order valence-corrected chi connectivity index (χ1v) is 12.9. The van der Waals surface area contributed by atoms with E-state index in [-0.39, 0.29) is 6.04 Å². The molecule has 0 amide bonds. The highest BCUT2D eigenvalue weighted by Crippen LogP contribution is 2.41. The number of pyridine rings is 1. The van der Waals surface area contributed by atoms with E-state index < -0.39 is 0 Å². The van der Waals surface area contributed by atoms with Crippen molar-refractivity contribution in [1.82, 2.24) is 20.1 Å². The van der Waals surface area contributed by atoms with Crippen LogP contribution in [0.15, 0.2) is 42.7 Å². The van der Waals surface area contributed by atoms with Gasteiger partial charge < -0.3 is 20.3 Å². The Labute approximate surface area is 208 Å². The molecule has 2 fully saturated rings. The third-order valence-corrected chi connectivity index (χ3v) is 7.42. The van der Waals surface area contributed by atoms with Crippen molar-refractivity contribution < 1.29 is 4.74 Å². The first-order chi connectivity index (χ1) is 17.0. The highest BCUT2D eigenvalue weighted by Gasteiger charge is 2.27. The summed E-state index contributed by atoms with van der Waals surface area (Å²) in [4.78, 5) is 6.83. The number of hydrogen-bond acceptors (Lipinski definition) is 6. The van der Waals surface area contributed by atoms with Gasteiger partial charge in [0.25, 0.3) is 0 Å². The Balaban J connectivity index is 1.20. The van der Waals surface area contributed by atoms with E-state index in [9.17, 15) is 0 Å². The molecule has 7 heteroatoms. The molecular formula is C28H38N6O. The molecule has 2 aromatic heterocycles. The number of rotatable bonds is 9. The molecule has 35 heavy (non-hydrogen) atoms. The lowest BCUT2D eigenvalue weighted by Gasteiger charge is -2.36. The van der Waals surface area contributed by atoms with Crippen LogP contribution in [0.4, 0.5) is 11.5 Å². The second kappa shape index (κ2) is 10.3. The molecule has 1 aliphatic heterocycles. The van der Waals surface area contributed by atoms with Gasteiger partial charge in [-0.2, -0.15) is 5.10 Å². The molecule has 1 aromatic carbocycles. The van der Waals surface area contributed by atoms with Gasteiger partial charge in [0.15, 0.2) is 5.82 Å². The van der Waals surface area contributed by atoms with Crippen molar-refractivity contribution >= 4 is 11.5 Å². The summed E-state index contributed by atoms with van der Waals surface area (Å²) in [6.45, 7) is 7.17. The van der Waals surface area contributed by atoms with Crippen LogP contribution in [-0.2, 0) is 13.6 Å². The van der Waals surface area contributed by atoms with Gasteiger partial charge in [-0.05, 0) is 68.2 Å². The molecule has 2 aliphatic rings. The predicted molar refractivity (Wildman–Crippen MR) is 141 cm³/mol. The zero-order chi connectivity index (χ0) is 24.4. The Morgan fingerprint density at radius 1 is 1.11 bits per heavy atom. The fourth-order valence-electron chi connectivity index (χ4n) is 5.40. The minimum Gasteiger partial charge on any atom is -0.480 e. The van der Waals surface area contributed by atoms with Crippen molar-refractivity contribution in [2.45, 2.75) is 64.1 Å². The van der Waals surface area contributed by atoms with E-state index in [0.29, 0.717) is 6.04 Å². The SMILES string of the molecule is COc1nccc(C)c1N1CCC(NC(C)c2cn(C)nc2NCc2ccccc2C2CC2)CC1. The molecule has 1 unspecified atom stereocenters. The largest absolute Gasteiger partial charge is 0.480 e. The maximum atomic E-state index is 5.54. The Morgan fingerprint density at radius 2 is 1.89 bits per heavy atom. The average molecular weight is 475 g/mol. The van der Waals surface area contributed by atoms with Crippen molar-refractivity contribution in [2.75, 3.05) is 30.4 Å². The second-order valence-corrected chi connectivity index (χ2v) is 10.1. The first kappa shape index (κ1) is 23.7. The van der Waals surface area contributed by atoms with Crippen LogP contribution in [0.1, 0.15) is 66.8 Å². The summed E-state index contributed by atoms with van der Waals surface area (Å²) in [5, 5.41) is 12.3. The lowest BCUT2D eigenvalue weighted by Crippen LogP contribution is -2.43. The second-order valence-electron chi connectivity index (χ2n) is 10.1. The molecule has 0 bridgehead atoms. The van der Waals surface area contributed by atoms with Gasteiger partial charge in [0.05, 0.1) is 7.11 Å². The van der Waals surface area contributed by atoms with Gasteiger partial charge in [-0.25, -0.2) is 4.98 Å². The van der Waals surface area contributed by atoms with E-state index in [1.165, 1.54) is 35.1 Å². The summed E-state index contributed by atoms with van der Waals surface area (Å²) in [7, 11) is 3.70. The van der Waals surface area contributed by atoms with E-state index in [1.54, 1.807) is 7.11 Å². The summed E-state index contributed by atoms with van der Waals surface area (Å²) in [6.07, 6.45) is 8.76. The van der Waals surface area contributed by atoms with Gasteiger partial charge in [-0.1, -0.05) is 24.3 Å². The molecule has 3 aromatic rings. The molecule has 3 heterocycles. The van der Waals surface area contributed by atoms with Crippen molar-refractivity contribution in [2.24, 2.45) is 7.05 Å². The molecule has 0 spiro atoms. The molecule has 2 N–H and O–H groups in total. The number of anilines is 2. The van der Waals surface area contributed by atoms with Crippen LogP contribution in [0.2, 0.25) is 0 Å². The van der Waals surface area contributed by atoms with E-state index in [4.69, 9.17) is 9.84 Å². The van der Waals surface area contributed by atoms with Gasteiger partial charge in [-0.3, -0.25) is 4.68 Å². The molecular weight excluding hydrogens is 436 g/mol. The molecule has 1 aliphatic carbocycles. The molecule has 1 saturated carbocycles. The van der Waals surface area contributed by atoms with Crippen LogP contribution in [0.5, 0.6) is 5.88 Å². The van der Waals surface area contributed by atoms with Gasteiger partial charge in [-0.15, -0.1) is 0 Å². The number of nitrogens with one attached hydrogen (secondary N) is 2. The average Bonchev–Trinajstić information content (AvgIpc) is 3.65. The molecule has 186 valence electrons. The third-order valence-electron chi connectivity index (χ3n) is 7.42. The maximum absolute atomic E-state index is 5.54. The molecule has 7 nitrogen and oxygen atoms in total. The summed E-state index contributed by atoms with van der Waals surface area (Å²) >= 11 is 0. The Kier molecular flexibility index (Phi) is 6.95. The third kappa shape index (κ3) is 5.30. The Morgan fingerprint density at radius 3 is 2.63 bits per heavy atom. The quantitative estimate of drug-likeness (QED) is 0.458. The summed E-state index contributed by atoms with van der Waals surface area (Å²) in [6, 6.07) is 11.6. The monoisotopic (exact) mass is 474 g/mol.